The monoisotopic (exact) mass is 250 g/mol. The number of thiophene rings is 1. The summed E-state index contributed by atoms with van der Waals surface area (Å²) in [6.45, 7) is 0. The molecule has 1 fully saturated rings. The van der Waals surface area contributed by atoms with E-state index in [1.54, 1.807) is 11.3 Å². The molecule has 17 heavy (non-hydrogen) atoms. The van der Waals surface area contributed by atoms with Crippen molar-refractivity contribution >= 4 is 17.2 Å². The normalized spacial score (nSPS) is 27.1. The molecule has 2 aliphatic carbocycles. The van der Waals surface area contributed by atoms with Crippen LogP contribution in [0.3, 0.4) is 0 Å². The lowest BCUT2D eigenvalue weighted by atomic mass is 10.2. The van der Waals surface area contributed by atoms with Gasteiger partial charge in [-0.15, -0.1) is 11.3 Å². The van der Waals surface area contributed by atoms with Crippen LogP contribution in [0.15, 0.2) is 6.07 Å². The lowest BCUT2D eigenvalue weighted by Gasteiger charge is -2.16. The van der Waals surface area contributed by atoms with E-state index in [0.29, 0.717) is 0 Å². The molecule has 1 heterocycles. The number of aryl methyl sites for hydroxylation is 2. The van der Waals surface area contributed by atoms with Gasteiger partial charge < -0.3 is 11.1 Å². The number of hydrogen-bond donors (Lipinski definition) is 2. The molecule has 0 spiro atoms. The van der Waals surface area contributed by atoms with Crippen LogP contribution in [0.2, 0.25) is 0 Å². The Balaban J connectivity index is 1.69. The zero-order valence-electron chi connectivity index (χ0n) is 9.87. The molecule has 1 aromatic heterocycles. The predicted molar refractivity (Wildman–Crippen MR) is 69.4 cm³/mol. The van der Waals surface area contributed by atoms with E-state index < -0.39 is 0 Å². The van der Waals surface area contributed by atoms with Crippen molar-refractivity contribution < 1.29 is 4.79 Å². The maximum absolute atomic E-state index is 12.1. The summed E-state index contributed by atoms with van der Waals surface area (Å²) < 4.78 is 0. The molecular formula is C13H18N2OS. The Hall–Kier alpha value is -0.870. The molecule has 2 atom stereocenters. The van der Waals surface area contributed by atoms with E-state index in [9.17, 15) is 4.79 Å². The van der Waals surface area contributed by atoms with Crippen LogP contribution in [0, 0.1) is 0 Å². The maximum atomic E-state index is 12.1. The Bertz CT molecular complexity index is 419. The van der Waals surface area contributed by atoms with Crippen LogP contribution >= 0.6 is 11.3 Å². The van der Waals surface area contributed by atoms with Crippen LogP contribution in [0.4, 0.5) is 0 Å². The van der Waals surface area contributed by atoms with Gasteiger partial charge in [-0.1, -0.05) is 0 Å². The zero-order chi connectivity index (χ0) is 11.8. The molecule has 0 bridgehead atoms. The summed E-state index contributed by atoms with van der Waals surface area (Å²) in [5.41, 5.74) is 7.35. The molecule has 3 rings (SSSR count). The fourth-order valence-electron chi connectivity index (χ4n) is 2.85. The summed E-state index contributed by atoms with van der Waals surface area (Å²) in [7, 11) is 0. The van der Waals surface area contributed by atoms with E-state index in [4.69, 9.17) is 5.73 Å². The van der Waals surface area contributed by atoms with Crippen LogP contribution in [0.1, 0.15) is 45.8 Å². The first kappa shape index (κ1) is 11.2. The minimum absolute atomic E-state index is 0.0757. The van der Waals surface area contributed by atoms with Crippen molar-refractivity contribution in [2.45, 2.75) is 50.6 Å². The second-order valence-electron chi connectivity index (χ2n) is 5.09. The van der Waals surface area contributed by atoms with Gasteiger partial charge in [-0.05, 0) is 50.2 Å². The van der Waals surface area contributed by atoms with E-state index >= 15 is 0 Å². The van der Waals surface area contributed by atoms with Gasteiger partial charge in [0.2, 0.25) is 0 Å². The summed E-state index contributed by atoms with van der Waals surface area (Å²) >= 11 is 1.66. The fourth-order valence-corrected chi connectivity index (χ4v) is 4.01. The van der Waals surface area contributed by atoms with E-state index in [0.717, 1.165) is 37.0 Å². The minimum Gasteiger partial charge on any atom is -0.347 e. The van der Waals surface area contributed by atoms with Crippen LogP contribution in [-0.2, 0) is 12.8 Å². The van der Waals surface area contributed by atoms with Gasteiger partial charge in [0.05, 0.1) is 4.88 Å². The Morgan fingerprint density at radius 2 is 2.24 bits per heavy atom. The SMILES string of the molecule is NC1CCCC1NC(=O)c1cc2c(s1)CCC2. The maximum Gasteiger partial charge on any atom is 0.261 e. The molecular weight excluding hydrogens is 232 g/mol. The summed E-state index contributed by atoms with van der Waals surface area (Å²) in [6.07, 6.45) is 6.73. The number of nitrogens with two attached hydrogens (primary N) is 1. The van der Waals surface area contributed by atoms with Crippen molar-refractivity contribution in [3.63, 3.8) is 0 Å². The molecule has 0 aromatic carbocycles. The first-order valence-corrected chi connectivity index (χ1v) is 7.24. The van der Waals surface area contributed by atoms with E-state index in [2.05, 4.69) is 11.4 Å². The summed E-state index contributed by atoms with van der Waals surface area (Å²) in [5.74, 6) is 0.0757. The number of nitrogens with one attached hydrogen (secondary N) is 1. The average Bonchev–Trinajstić information content (AvgIpc) is 2.93. The van der Waals surface area contributed by atoms with Crippen LogP contribution in [0.5, 0.6) is 0 Å². The fraction of sp³-hybridized carbons (Fsp3) is 0.615. The third-order valence-corrected chi connectivity index (χ3v) is 5.09. The number of fused-ring (bicyclic) bond motifs is 1. The molecule has 1 amide bonds. The van der Waals surface area contributed by atoms with E-state index in [1.807, 2.05) is 0 Å². The molecule has 92 valence electrons. The molecule has 3 N–H and O–H groups in total. The van der Waals surface area contributed by atoms with Crippen LogP contribution in [0.25, 0.3) is 0 Å². The third-order valence-electron chi connectivity index (χ3n) is 3.86. The standard InChI is InChI=1S/C13H18N2OS/c14-9-4-2-5-10(9)15-13(16)12-7-8-3-1-6-11(8)17-12/h7,9-10H,1-6,14H2,(H,15,16). The van der Waals surface area contributed by atoms with Crippen molar-refractivity contribution in [2.24, 2.45) is 5.73 Å². The Morgan fingerprint density at radius 1 is 1.35 bits per heavy atom. The highest BCUT2D eigenvalue weighted by Gasteiger charge is 2.27. The van der Waals surface area contributed by atoms with Gasteiger partial charge in [-0.2, -0.15) is 0 Å². The largest absolute Gasteiger partial charge is 0.347 e. The number of amides is 1. The van der Waals surface area contributed by atoms with Gasteiger partial charge in [0.1, 0.15) is 0 Å². The number of carbonyl (C=O) groups excluding carboxylic acids is 1. The molecule has 4 heteroatoms. The van der Waals surface area contributed by atoms with Gasteiger partial charge in [-0.25, -0.2) is 0 Å². The molecule has 1 aromatic rings. The first-order valence-electron chi connectivity index (χ1n) is 6.42. The minimum atomic E-state index is 0.0757. The molecule has 1 saturated carbocycles. The van der Waals surface area contributed by atoms with Crippen molar-refractivity contribution in [2.75, 3.05) is 0 Å². The zero-order valence-corrected chi connectivity index (χ0v) is 10.7. The second kappa shape index (κ2) is 4.42. The summed E-state index contributed by atoms with van der Waals surface area (Å²) in [6, 6.07) is 2.40. The molecule has 0 aliphatic heterocycles. The van der Waals surface area contributed by atoms with Crippen LogP contribution in [-0.4, -0.2) is 18.0 Å². The van der Waals surface area contributed by atoms with Gasteiger partial charge in [0.15, 0.2) is 0 Å². The lowest BCUT2D eigenvalue weighted by molar-refractivity contribution is 0.0938. The third kappa shape index (κ3) is 2.11. The number of hydrogen-bond acceptors (Lipinski definition) is 3. The topological polar surface area (TPSA) is 55.1 Å². The quantitative estimate of drug-likeness (QED) is 0.841. The first-order chi connectivity index (χ1) is 8.24. The molecule has 2 unspecified atom stereocenters. The second-order valence-corrected chi connectivity index (χ2v) is 6.22. The van der Waals surface area contributed by atoms with Crippen LogP contribution < -0.4 is 11.1 Å². The predicted octanol–water partition coefficient (Wildman–Crippen LogP) is 1.85. The number of rotatable bonds is 2. The Kier molecular flexibility index (Phi) is 2.92. The highest BCUT2D eigenvalue weighted by atomic mass is 32.1. The molecule has 2 aliphatic rings. The summed E-state index contributed by atoms with van der Waals surface area (Å²) in [4.78, 5) is 14.4. The number of carbonyl (C=O) groups is 1. The van der Waals surface area contributed by atoms with Gasteiger partial charge in [0.25, 0.3) is 5.91 Å². The molecule has 3 nitrogen and oxygen atoms in total. The van der Waals surface area contributed by atoms with Gasteiger partial charge in [0, 0.05) is 17.0 Å². The van der Waals surface area contributed by atoms with E-state index in [1.165, 1.54) is 16.9 Å². The summed E-state index contributed by atoms with van der Waals surface area (Å²) in [5, 5.41) is 3.08. The van der Waals surface area contributed by atoms with E-state index in [-0.39, 0.29) is 18.0 Å². The van der Waals surface area contributed by atoms with Crippen molar-refractivity contribution in [3.8, 4) is 0 Å². The van der Waals surface area contributed by atoms with Crippen molar-refractivity contribution in [1.82, 2.24) is 5.32 Å². The van der Waals surface area contributed by atoms with Crippen molar-refractivity contribution in [3.05, 3.63) is 21.4 Å². The van der Waals surface area contributed by atoms with Crippen molar-refractivity contribution in [1.29, 1.82) is 0 Å². The lowest BCUT2D eigenvalue weighted by Crippen LogP contribution is -2.43. The smallest absolute Gasteiger partial charge is 0.261 e. The highest BCUT2D eigenvalue weighted by Crippen LogP contribution is 2.30. The average molecular weight is 250 g/mol. The van der Waals surface area contributed by atoms with Gasteiger partial charge in [-0.3, -0.25) is 4.79 Å². The van der Waals surface area contributed by atoms with Gasteiger partial charge >= 0.3 is 0 Å². The molecule has 0 saturated heterocycles. The Morgan fingerprint density at radius 3 is 2.94 bits per heavy atom. The molecule has 0 radical (unpaired) electrons. The Labute approximate surface area is 105 Å². The highest BCUT2D eigenvalue weighted by molar-refractivity contribution is 7.14.